The van der Waals surface area contributed by atoms with E-state index in [1.54, 1.807) is 47.2 Å². The average molecular weight is 290 g/mol. The molecule has 2 aromatic rings. The molecule has 6 nitrogen and oxygen atoms in total. The van der Waals surface area contributed by atoms with Gasteiger partial charge in [0.25, 0.3) is 5.91 Å². The summed E-state index contributed by atoms with van der Waals surface area (Å²) in [5, 5.41) is 8.97. The van der Waals surface area contributed by atoms with E-state index in [0.717, 1.165) is 0 Å². The van der Waals surface area contributed by atoms with Crippen molar-refractivity contribution < 1.29 is 4.79 Å². The number of nitrogens with zero attached hydrogens (tertiary/aromatic N) is 3. The van der Waals surface area contributed by atoms with Crippen molar-refractivity contribution in [1.29, 1.82) is 5.26 Å². The first-order chi connectivity index (χ1) is 9.11. The zero-order valence-electron chi connectivity index (χ0n) is 10.4. The monoisotopic (exact) mass is 289 g/mol. The summed E-state index contributed by atoms with van der Waals surface area (Å²) >= 11 is 0. The highest BCUT2D eigenvalue weighted by molar-refractivity contribution is 6.02. The molecule has 102 valence electrons. The highest BCUT2D eigenvalue weighted by atomic mass is 35.5. The van der Waals surface area contributed by atoms with Gasteiger partial charge in [-0.3, -0.25) is 4.79 Å². The molecule has 1 heterocycles. The summed E-state index contributed by atoms with van der Waals surface area (Å²) in [6.45, 7) is 0. The number of benzene rings is 1. The van der Waals surface area contributed by atoms with E-state index < -0.39 is 5.91 Å². The fraction of sp³-hybridized carbons (Fsp3) is 0. The summed E-state index contributed by atoms with van der Waals surface area (Å²) in [6.07, 6.45) is 1.74. The van der Waals surface area contributed by atoms with Crippen LogP contribution in [-0.4, -0.2) is 16.4 Å². The number of nitrogens with two attached hydrogens (primary N) is 2. The molecule has 1 aromatic carbocycles. The number of halogens is 1. The molecule has 2 rings (SSSR count). The summed E-state index contributed by atoms with van der Waals surface area (Å²) in [5.74, 6) is -0.804. The molecule has 4 N–H and O–H groups in total. The van der Waals surface area contributed by atoms with Crippen molar-refractivity contribution in [3.05, 3.63) is 53.9 Å². The van der Waals surface area contributed by atoms with E-state index in [1.807, 2.05) is 0 Å². The molecule has 0 spiro atoms. The van der Waals surface area contributed by atoms with Gasteiger partial charge in [0, 0.05) is 17.4 Å². The van der Waals surface area contributed by atoms with Gasteiger partial charge in [-0.15, -0.1) is 12.4 Å². The van der Waals surface area contributed by atoms with E-state index >= 15 is 0 Å². The van der Waals surface area contributed by atoms with Crippen LogP contribution in [0.15, 0.2) is 47.6 Å². The minimum atomic E-state index is -0.521. The molecule has 0 bridgehead atoms. The lowest BCUT2D eigenvalue weighted by molar-refractivity contribution is 0.100. The minimum Gasteiger partial charge on any atom is -0.370 e. The zero-order valence-corrected chi connectivity index (χ0v) is 11.2. The first kappa shape index (κ1) is 15.3. The van der Waals surface area contributed by atoms with Crippen molar-refractivity contribution in [3.8, 4) is 11.8 Å². The van der Waals surface area contributed by atoms with Gasteiger partial charge < -0.3 is 16.0 Å². The number of amides is 1. The number of rotatable bonds is 2. The van der Waals surface area contributed by atoms with Gasteiger partial charge in [-0.25, -0.2) is 0 Å². The van der Waals surface area contributed by atoms with Gasteiger partial charge in [-0.05, 0) is 30.3 Å². The third-order valence-electron chi connectivity index (χ3n) is 2.47. The number of hydrogen-bond acceptors (Lipinski definition) is 2. The standard InChI is InChI=1S/C13H11N5O.ClH/c14-8-11-5-2-6-18(11)10-4-1-3-9(7-10)12(19)17-13(15)16;/h1-7H,(H4,15,16,17,19);1H. The highest BCUT2D eigenvalue weighted by Crippen LogP contribution is 2.14. The van der Waals surface area contributed by atoms with Crippen LogP contribution in [-0.2, 0) is 0 Å². The Balaban J connectivity index is 0.00000200. The highest BCUT2D eigenvalue weighted by Gasteiger charge is 2.08. The largest absolute Gasteiger partial charge is 0.370 e. The Morgan fingerprint density at radius 3 is 2.65 bits per heavy atom. The average Bonchev–Trinajstić information content (AvgIpc) is 2.86. The van der Waals surface area contributed by atoms with Crippen LogP contribution < -0.4 is 11.5 Å². The molecular weight excluding hydrogens is 278 g/mol. The van der Waals surface area contributed by atoms with E-state index in [2.05, 4.69) is 11.1 Å². The molecule has 7 heteroatoms. The number of carbonyl (C=O) groups is 1. The maximum absolute atomic E-state index is 11.7. The van der Waals surface area contributed by atoms with Crippen molar-refractivity contribution in [2.24, 2.45) is 16.5 Å². The molecule has 0 fully saturated rings. The van der Waals surface area contributed by atoms with Crippen LogP contribution in [0.2, 0.25) is 0 Å². The van der Waals surface area contributed by atoms with E-state index in [9.17, 15) is 4.79 Å². The summed E-state index contributed by atoms with van der Waals surface area (Å²) in [7, 11) is 0. The second-order valence-electron chi connectivity index (χ2n) is 3.77. The van der Waals surface area contributed by atoms with Gasteiger partial charge >= 0.3 is 0 Å². The van der Waals surface area contributed by atoms with E-state index in [-0.39, 0.29) is 18.4 Å². The maximum atomic E-state index is 11.7. The Morgan fingerprint density at radius 1 is 1.25 bits per heavy atom. The number of hydrogen-bond donors (Lipinski definition) is 2. The van der Waals surface area contributed by atoms with E-state index in [4.69, 9.17) is 16.7 Å². The first-order valence-electron chi connectivity index (χ1n) is 5.43. The molecule has 20 heavy (non-hydrogen) atoms. The Bertz CT molecular complexity index is 695. The third kappa shape index (κ3) is 3.16. The topological polar surface area (TPSA) is 110 Å². The summed E-state index contributed by atoms with van der Waals surface area (Å²) in [6, 6.07) is 12.2. The quantitative estimate of drug-likeness (QED) is 0.639. The van der Waals surface area contributed by atoms with Crippen molar-refractivity contribution in [2.75, 3.05) is 0 Å². The molecule has 1 aromatic heterocycles. The van der Waals surface area contributed by atoms with Gasteiger partial charge in [0.1, 0.15) is 11.8 Å². The van der Waals surface area contributed by atoms with Crippen LogP contribution in [0.4, 0.5) is 0 Å². The lowest BCUT2D eigenvalue weighted by atomic mass is 10.2. The fourth-order valence-corrected chi connectivity index (χ4v) is 1.67. The smallest absolute Gasteiger partial charge is 0.280 e. The second-order valence-corrected chi connectivity index (χ2v) is 3.77. The van der Waals surface area contributed by atoms with Gasteiger partial charge in [-0.1, -0.05) is 6.07 Å². The minimum absolute atomic E-state index is 0. The molecule has 0 aliphatic heterocycles. The molecule has 0 saturated carbocycles. The Labute approximate surface area is 121 Å². The normalized spacial score (nSPS) is 9.15. The number of guanidine groups is 1. The zero-order chi connectivity index (χ0) is 13.8. The molecule has 0 atom stereocenters. The molecular formula is C13H12ClN5O. The van der Waals surface area contributed by atoms with Crippen LogP contribution in [0.25, 0.3) is 5.69 Å². The van der Waals surface area contributed by atoms with Gasteiger partial charge in [0.05, 0.1) is 0 Å². The van der Waals surface area contributed by atoms with Crippen LogP contribution in [0, 0.1) is 11.3 Å². The van der Waals surface area contributed by atoms with E-state index in [1.165, 1.54) is 0 Å². The number of aromatic nitrogens is 1. The first-order valence-corrected chi connectivity index (χ1v) is 5.43. The second kappa shape index (κ2) is 6.41. The SMILES string of the molecule is Cl.N#Cc1cccn1-c1cccc(C(=O)N=C(N)N)c1. The van der Waals surface area contributed by atoms with Crippen molar-refractivity contribution in [1.82, 2.24) is 4.57 Å². The van der Waals surface area contributed by atoms with Gasteiger partial charge in [0.15, 0.2) is 5.96 Å². The molecule has 0 aliphatic rings. The van der Waals surface area contributed by atoms with Gasteiger partial charge in [0.2, 0.25) is 0 Å². The Hall–Kier alpha value is -2.78. The Morgan fingerprint density at radius 2 is 2.00 bits per heavy atom. The molecule has 0 radical (unpaired) electrons. The molecule has 0 aliphatic carbocycles. The molecule has 1 amide bonds. The van der Waals surface area contributed by atoms with Crippen molar-refractivity contribution >= 4 is 24.3 Å². The predicted molar refractivity (Wildman–Crippen MR) is 77.9 cm³/mol. The Kier molecular flexibility index (Phi) is 4.89. The van der Waals surface area contributed by atoms with Crippen molar-refractivity contribution in [2.45, 2.75) is 0 Å². The number of carbonyl (C=O) groups excluding carboxylic acids is 1. The molecule has 0 unspecified atom stereocenters. The third-order valence-corrected chi connectivity index (χ3v) is 2.47. The molecule has 0 saturated heterocycles. The van der Waals surface area contributed by atoms with Crippen LogP contribution in [0.1, 0.15) is 16.1 Å². The van der Waals surface area contributed by atoms with Gasteiger partial charge in [-0.2, -0.15) is 10.3 Å². The van der Waals surface area contributed by atoms with Crippen molar-refractivity contribution in [3.63, 3.8) is 0 Å². The van der Waals surface area contributed by atoms with Crippen LogP contribution >= 0.6 is 12.4 Å². The lowest BCUT2D eigenvalue weighted by Crippen LogP contribution is -2.24. The van der Waals surface area contributed by atoms with Crippen LogP contribution in [0.5, 0.6) is 0 Å². The summed E-state index contributed by atoms with van der Waals surface area (Å²) in [5.41, 5.74) is 11.9. The van der Waals surface area contributed by atoms with Crippen LogP contribution in [0.3, 0.4) is 0 Å². The fourth-order valence-electron chi connectivity index (χ4n) is 1.67. The predicted octanol–water partition coefficient (Wildman–Crippen LogP) is 1.18. The number of nitriles is 1. The lowest BCUT2D eigenvalue weighted by Gasteiger charge is -2.05. The maximum Gasteiger partial charge on any atom is 0.280 e. The summed E-state index contributed by atoms with van der Waals surface area (Å²) in [4.78, 5) is 15.2. The summed E-state index contributed by atoms with van der Waals surface area (Å²) < 4.78 is 1.67. The number of aliphatic imine (C=N–C) groups is 1. The van der Waals surface area contributed by atoms with E-state index in [0.29, 0.717) is 16.9 Å².